The maximum atomic E-state index is 12.4. The monoisotopic (exact) mass is 430 g/mol. The molecule has 0 spiro atoms. The summed E-state index contributed by atoms with van der Waals surface area (Å²) in [5.41, 5.74) is 2.53. The standard InChI is InChI=1S/C19H19ClN6O2S/c1-13-3-7-15(8-4-13)21-17(27)11-25(2)18(28)12-29-19-22-23-24-26(19)16-9-5-14(20)6-10-16/h3-10H,11-12H2,1-2H3,(H,21,27). The van der Waals surface area contributed by atoms with Gasteiger partial charge < -0.3 is 10.2 Å². The van der Waals surface area contributed by atoms with Crippen LogP contribution in [0.15, 0.2) is 53.7 Å². The van der Waals surface area contributed by atoms with Crippen molar-refractivity contribution in [2.45, 2.75) is 12.1 Å². The highest BCUT2D eigenvalue weighted by atomic mass is 35.5. The van der Waals surface area contributed by atoms with E-state index in [0.717, 1.165) is 11.3 Å². The molecule has 150 valence electrons. The zero-order valence-electron chi connectivity index (χ0n) is 15.9. The Hall–Kier alpha value is -2.91. The van der Waals surface area contributed by atoms with Gasteiger partial charge in [0.15, 0.2) is 0 Å². The number of rotatable bonds is 7. The van der Waals surface area contributed by atoms with Crippen molar-refractivity contribution < 1.29 is 9.59 Å². The highest BCUT2D eigenvalue weighted by molar-refractivity contribution is 7.99. The van der Waals surface area contributed by atoms with E-state index in [1.54, 1.807) is 31.3 Å². The summed E-state index contributed by atoms with van der Waals surface area (Å²) in [6.07, 6.45) is 0. The minimum Gasteiger partial charge on any atom is -0.336 e. The number of likely N-dealkylation sites (N-methyl/N-ethyl adjacent to an activating group) is 1. The maximum Gasteiger partial charge on any atom is 0.243 e. The minimum atomic E-state index is -0.263. The average molecular weight is 431 g/mol. The molecule has 0 aliphatic rings. The number of thioether (sulfide) groups is 1. The largest absolute Gasteiger partial charge is 0.336 e. The van der Waals surface area contributed by atoms with Gasteiger partial charge in [-0.3, -0.25) is 9.59 Å². The van der Waals surface area contributed by atoms with E-state index in [-0.39, 0.29) is 24.1 Å². The molecule has 1 heterocycles. The number of anilines is 1. The van der Waals surface area contributed by atoms with Crippen LogP contribution in [0.1, 0.15) is 5.56 Å². The molecule has 0 aliphatic heterocycles. The number of nitrogens with zero attached hydrogens (tertiary/aromatic N) is 5. The summed E-state index contributed by atoms with van der Waals surface area (Å²) in [5.74, 6) is -0.372. The molecular formula is C19H19ClN6O2S. The summed E-state index contributed by atoms with van der Waals surface area (Å²) >= 11 is 7.09. The van der Waals surface area contributed by atoms with Crippen LogP contribution < -0.4 is 5.32 Å². The van der Waals surface area contributed by atoms with Gasteiger partial charge in [-0.25, -0.2) is 0 Å². The van der Waals surface area contributed by atoms with Crippen molar-refractivity contribution in [3.05, 3.63) is 59.1 Å². The van der Waals surface area contributed by atoms with E-state index in [2.05, 4.69) is 20.8 Å². The summed E-state index contributed by atoms with van der Waals surface area (Å²) in [6, 6.07) is 14.5. The lowest BCUT2D eigenvalue weighted by Gasteiger charge is -2.16. The quantitative estimate of drug-likeness (QED) is 0.579. The topological polar surface area (TPSA) is 93.0 Å². The Morgan fingerprint density at radius 1 is 1.14 bits per heavy atom. The summed E-state index contributed by atoms with van der Waals surface area (Å²) in [7, 11) is 1.58. The van der Waals surface area contributed by atoms with Crippen molar-refractivity contribution in [1.82, 2.24) is 25.1 Å². The molecule has 2 aromatic carbocycles. The van der Waals surface area contributed by atoms with E-state index < -0.39 is 0 Å². The van der Waals surface area contributed by atoms with Crippen LogP contribution in [0.3, 0.4) is 0 Å². The fraction of sp³-hybridized carbons (Fsp3) is 0.211. The summed E-state index contributed by atoms with van der Waals surface area (Å²) in [5, 5.41) is 15.4. The first-order chi connectivity index (χ1) is 13.9. The van der Waals surface area contributed by atoms with Crippen molar-refractivity contribution in [1.29, 1.82) is 0 Å². The highest BCUT2D eigenvalue weighted by Crippen LogP contribution is 2.20. The average Bonchev–Trinajstić information content (AvgIpc) is 3.17. The van der Waals surface area contributed by atoms with Gasteiger partial charge in [-0.05, 0) is 53.7 Å². The Bertz CT molecular complexity index is 991. The lowest BCUT2D eigenvalue weighted by Crippen LogP contribution is -2.36. The lowest BCUT2D eigenvalue weighted by molar-refractivity contribution is -0.131. The smallest absolute Gasteiger partial charge is 0.243 e. The lowest BCUT2D eigenvalue weighted by atomic mass is 10.2. The van der Waals surface area contributed by atoms with Crippen molar-refractivity contribution in [3.8, 4) is 5.69 Å². The Morgan fingerprint density at radius 3 is 2.52 bits per heavy atom. The molecule has 29 heavy (non-hydrogen) atoms. The van der Waals surface area contributed by atoms with Crippen LogP contribution in [-0.4, -0.2) is 56.3 Å². The number of carbonyl (C=O) groups excluding carboxylic acids is 2. The van der Waals surface area contributed by atoms with E-state index in [9.17, 15) is 9.59 Å². The molecule has 0 saturated heterocycles. The van der Waals surface area contributed by atoms with Crippen LogP contribution in [-0.2, 0) is 9.59 Å². The van der Waals surface area contributed by atoms with Gasteiger partial charge >= 0.3 is 0 Å². The third-order valence-corrected chi connectivity index (χ3v) is 5.13. The molecule has 1 N–H and O–H groups in total. The zero-order chi connectivity index (χ0) is 20.8. The number of tetrazole rings is 1. The first-order valence-electron chi connectivity index (χ1n) is 8.70. The third kappa shape index (κ3) is 5.78. The highest BCUT2D eigenvalue weighted by Gasteiger charge is 2.16. The van der Waals surface area contributed by atoms with Gasteiger partial charge in [0.1, 0.15) is 0 Å². The van der Waals surface area contributed by atoms with E-state index in [4.69, 9.17) is 11.6 Å². The molecule has 0 radical (unpaired) electrons. The third-order valence-electron chi connectivity index (χ3n) is 3.98. The van der Waals surface area contributed by atoms with Crippen LogP contribution in [0, 0.1) is 6.92 Å². The van der Waals surface area contributed by atoms with E-state index >= 15 is 0 Å². The normalized spacial score (nSPS) is 10.6. The Balaban J connectivity index is 1.53. The van der Waals surface area contributed by atoms with Crippen LogP contribution in [0.5, 0.6) is 0 Å². The minimum absolute atomic E-state index is 0.0462. The molecule has 0 unspecified atom stereocenters. The molecule has 0 bridgehead atoms. The number of aryl methyl sites for hydroxylation is 1. The second-order valence-electron chi connectivity index (χ2n) is 6.30. The maximum absolute atomic E-state index is 12.4. The van der Waals surface area contributed by atoms with E-state index in [1.807, 2.05) is 31.2 Å². The van der Waals surface area contributed by atoms with Gasteiger partial charge in [0, 0.05) is 17.8 Å². The van der Waals surface area contributed by atoms with Crippen LogP contribution in [0.2, 0.25) is 5.02 Å². The van der Waals surface area contributed by atoms with Crippen LogP contribution in [0.4, 0.5) is 5.69 Å². The van der Waals surface area contributed by atoms with Gasteiger partial charge in [-0.15, -0.1) is 5.10 Å². The SMILES string of the molecule is Cc1ccc(NC(=O)CN(C)C(=O)CSc2nnnn2-c2ccc(Cl)cc2)cc1. The molecular weight excluding hydrogens is 412 g/mol. The fourth-order valence-electron chi connectivity index (χ4n) is 2.39. The molecule has 1 aromatic heterocycles. The van der Waals surface area contributed by atoms with Crippen LogP contribution >= 0.6 is 23.4 Å². The number of carbonyl (C=O) groups is 2. The predicted molar refractivity (Wildman–Crippen MR) is 112 cm³/mol. The molecule has 8 nitrogen and oxygen atoms in total. The Kier molecular flexibility index (Phi) is 6.84. The fourth-order valence-corrected chi connectivity index (χ4v) is 3.35. The number of hydrogen-bond acceptors (Lipinski definition) is 6. The first-order valence-corrected chi connectivity index (χ1v) is 10.1. The van der Waals surface area contributed by atoms with Gasteiger partial charge in [0.05, 0.1) is 18.0 Å². The molecule has 3 rings (SSSR count). The van der Waals surface area contributed by atoms with E-state index in [1.165, 1.54) is 21.3 Å². The second-order valence-corrected chi connectivity index (χ2v) is 7.68. The number of hydrogen-bond donors (Lipinski definition) is 1. The summed E-state index contributed by atoms with van der Waals surface area (Å²) in [6.45, 7) is 1.92. The second kappa shape index (κ2) is 9.53. The Morgan fingerprint density at radius 2 is 1.83 bits per heavy atom. The summed E-state index contributed by atoms with van der Waals surface area (Å²) < 4.78 is 1.53. The van der Waals surface area contributed by atoms with Crippen molar-refractivity contribution >= 4 is 40.9 Å². The Labute approximate surface area is 177 Å². The van der Waals surface area contributed by atoms with Crippen molar-refractivity contribution in [2.75, 3.05) is 24.7 Å². The van der Waals surface area contributed by atoms with Gasteiger partial charge in [-0.2, -0.15) is 4.68 Å². The number of nitrogens with one attached hydrogen (secondary N) is 1. The number of amides is 2. The molecule has 0 aliphatic carbocycles. The zero-order valence-corrected chi connectivity index (χ0v) is 17.4. The summed E-state index contributed by atoms with van der Waals surface area (Å²) in [4.78, 5) is 25.9. The molecule has 0 atom stereocenters. The van der Waals surface area contributed by atoms with Gasteiger partial charge in [0.2, 0.25) is 17.0 Å². The molecule has 0 fully saturated rings. The number of benzene rings is 2. The number of aromatic nitrogens is 4. The van der Waals surface area contributed by atoms with Gasteiger partial charge in [0.25, 0.3) is 0 Å². The number of halogens is 1. The van der Waals surface area contributed by atoms with Crippen LogP contribution in [0.25, 0.3) is 5.69 Å². The molecule has 10 heteroatoms. The predicted octanol–water partition coefficient (Wildman–Crippen LogP) is 2.81. The molecule has 2 amide bonds. The molecule has 3 aromatic rings. The molecule has 0 saturated carbocycles. The van der Waals surface area contributed by atoms with Gasteiger partial charge in [-0.1, -0.05) is 41.1 Å². The van der Waals surface area contributed by atoms with E-state index in [0.29, 0.717) is 15.9 Å². The van der Waals surface area contributed by atoms with Crippen molar-refractivity contribution in [2.24, 2.45) is 0 Å². The first kappa shape index (κ1) is 20.8. The van der Waals surface area contributed by atoms with Crippen molar-refractivity contribution in [3.63, 3.8) is 0 Å².